The average molecular weight is 487 g/mol. The molecule has 4 aromatic rings. The van der Waals surface area contributed by atoms with Gasteiger partial charge in [0.2, 0.25) is 0 Å². The summed E-state index contributed by atoms with van der Waals surface area (Å²) < 4.78 is 7.50. The summed E-state index contributed by atoms with van der Waals surface area (Å²) in [6.45, 7) is 0.822. The molecule has 32 heavy (non-hydrogen) atoms. The van der Waals surface area contributed by atoms with Crippen molar-refractivity contribution in [3.8, 4) is 5.75 Å². The lowest BCUT2D eigenvalue weighted by Gasteiger charge is -2.10. The molecule has 0 bridgehead atoms. The van der Waals surface area contributed by atoms with Crippen molar-refractivity contribution < 1.29 is 9.53 Å². The van der Waals surface area contributed by atoms with E-state index in [1.54, 1.807) is 47.1 Å². The molecule has 0 spiro atoms. The van der Waals surface area contributed by atoms with E-state index in [4.69, 9.17) is 39.5 Å². The number of nitrogens with zero attached hydrogens (tertiary/aromatic N) is 2. The summed E-state index contributed by atoms with van der Waals surface area (Å²) >= 11 is 18.1. The molecule has 0 aliphatic carbocycles. The van der Waals surface area contributed by atoms with E-state index in [0.717, 1.165) is 11.1 Å². The molecule has 0 atom stereocenters. The smallest absolute Gasteiger partial charge is 0.256 e. The molecule has 4 rings (SSSR count). The largest absolute Gasteiger partial charge is 0.487 e. The lowest BCUT2D eigenvalue weighted by atomic mass is 10.1. The molecule has 0 saturated carbocycles. The Morgan fingerprint density at radius 2 is 1.72 bits per heavy atom. The van der Waals surface area contributed by atoms with E-state index in [1.165, 1.54) is 0 Å². The minimum Gasteiger partial charge on any atom is -0.487 e. The van der Waals surface area contributed by atoms with E-state index in [0.29, 0.717) is 38.7 Å². The first-order valence-corrected chi connectivity index (χ1v) is 10.9. The van der Waals surface area contributed by atoms with Crippen LogP contribution in [0.5, 0.6) is 5.75 Å². The summed E-state index contributed by atoms with van der Waals surface area (Å²) in [5.74, 6) is 0.695. The van der Waals surface area contributed by atoms with Crippen molar-refractivity contribution in [2.45, 2.75) is 13.2 Å². The maximum Gasteiger partial charge on any atom is 0.256 e. The van der Waals surface area contributed by atoms with E-state index >= 15 is 0 Å². The zero-order valence-corrected chi connectivity index (χ0v) is 19.0. The second kappa shape index (κ2) is 10.1. The van der Waals surface area contributed by atoms with E-state index in [-0.39, 0.29) is 12.5 Å². The average Bonchev–Trinajstić information content (AvgIpc) is 3.23. The maximum absolute atomic E-state index is 12.7. The van der Waals surface area contributed by atoms with Crippen LogP contribution >= 0.6 is 34.8 Å². The first kappa shape index (κ1) is 22.2. The van der Waals surface area contributed by atoms with Crippen molar-refractivity contribution >= 4 is 46.5 Å². The van der Waals surface area contributed by atoms with Crippen molar-refractivity contribution in [3.05, 3.63) is 111 Å². The van der Waals surface area contributed by atoms with Gasteiger partial charge in [-0.25, -0.2) is 0 Å². The van der Waals surface area contributed by atoms with Crippen molar-refractivity contribution in [3.63, 3.8) is 0 Å². The van der Waals surface area contributed by atoms with Gasteiger partial charge in [-0.1, -0.05) is 65.1 Å². The number of benzene rings is 3. The Hall–Kier alpha value is -2.99. The Balaban J connectivity index is 1.38. The summed E-state index contributed by atoms with van der Waals surface area (Å²) in [4.78, 5) is 12.7. The van der Waals surface area contributed by atoms with Crippen LogP contribution in [-0.2, 0) is 13.2 Å². The SMILES string of the molecule is O=C(Nc1ccn(Cc2ccc(Cl)cc2)n1)c1cccc(COc2cccc(Cl)c2Cl)c1. The molecule has 1 N–H and O–H groups in total. The number of nitrogens with one attached hydrogen (secondary N) is 1. The van der Waals surface area contributed by atoms with Gasteiger partial charge in [-0.3, -0.25) is 9.48 Å². The first-order valence-electron chi connectivity index (χ1n) is 9.73. The topological polar surface area (TPSA) is 56.2 Å². The highest BCUT2D eigenvalue weighted by Gasteiger charge is 2.10. The van der Waals surface area contributed by atoms with Gasteiger partial charge in [0.25, 0.3) is 5.91 Å². The van der Waals surface area contributed by atoms with E-state index < -0.39 is 0 Å². The zero-order valence-electron chi connectivity index (χ0n) is 16.8. The maximum atomic E-state index is 12.7. The van der Waals surface area contributed by atoms with E-state index in [2.05, 4.69) is 10.4 Å². The standard InChI is InChI=1S/C24H18Cl3N3O2/c25-19-9-7-16(8-10-19)14-30-12-11-22(29-30)28-24(31)18-4-1-3-17(13-18)15-32-21-6-2-5-20(26)23(21)27/h1-13H,14-15H2,(H,28,29,31). The summed E-state index contributed by atoms with van der Waals surface area (Å²) in [6, 6.07) is 21.7. The van der Waals surface area contributed by atoms with E-state index in [9.17, 15) is 4.79 Å². The molecular weight excluding hydrogens is 469 g/mol. The number of carbonyl (C=O) groups is 1. The summed E-state index contributed by atoms with van der Waals surface area (Å²) in [6.07, 6.45) is 1.81. The third-order valence-corrected chi connectivity index (χ3v) is 5.69. The highest BCUT2D eigenvalue weighted by atomic mass is 35.5. The second-order valence-electron chi connectivity index (χ2n) is 7.02. The molecule has 3 aromatic carbocycles. The summed E-state index contributed by atoms with van der Waals surface area (Å²) in [7, 11) is 0. The van der Waals surface area contributed by atoms with Gasteiger partial charge in [0, 0.05) is 22.8 Å². The number of rotatable bonds is 7. The minimum atomic E-state index is -0.260. The Morgan fingerprint density at radius 1 is 0.938 bits per heavy atom. The number of amides is 1. The van der Waals surface area contributed by atoms with Gasteiger partial charge in [0.15, 0.2) is 5.82 Å². The normalized spacial score (nSPS) is 10.7. The van der Waals surface area contributed by atoms with Gasteiger partial charge in [-0.05, 0) is 47.5 Å². The number of hydrogen-bond donors (Lipinski definition) is 1. The monoisotopic (exact) mass is 485 g/mol. The van der Waals surface area contributed by atoms with Crippen molar-refractivity contribution in [2.75, 3.05) is 5.32 Å². The molecule has 1 heterocycles. The van der Waals surface area contributed by atoms with Gasteiger partial charge in [-0.2, -0.15) is 5.10 Å². The minimum absolute atomic E-state index is 0.247. The highest BCUT2D eigenvalue weighted by molar-refractivity contribution is 6.42. The number of hydrogen-bond acceptors (Lipinski definition) is 3. The lowest BCUT2D eigenvalue weighted by molar-refractivity contribution is 0.102. The molecule has 0 saturated heterocycles. The quantitative estimate of drug-likeness (QED) is 0.315. The number of aromatic nitrogens is 2. The fourth-order valence-electron chi connectivity index (χ4n) is 3.04. The van der Waals surface area contributed by atoms with Crippen LogP contribution in [0, 0.1) is 0 Å². The third kappa shape index (κ3) is 5.62. The van der Waals surface area contributed by atoms with Crippen molar-refractivity contribution in [1.82, 2.24) is 9.78 Å². The van der Waals surface area contributed by atoms with Crippen molar-refractivity contribution in [1.29, 1.82) is 0 Å². The van der Waals surface area contributed by atoms with Gasteiger partial charge in [0.1, 0.15) is 17.4 Å². The number of ether oxygens (including phenoxy) is 1. The van der Waals surface area contributed by atoms with Crippen LogP contribution in [0.25, 0.3) is 0 Å². The van der Waals surface area contributed by atoms with E-state index in [1.807, 2.05) is 36.5 Å². The molecule has 0 aliphatic heterocycles. The first-order chi connectivity index (χ1) is 15.5. The summed E-state index contributed by atoms with van der Waals surface area (Å²) in [5, 5.41) is 8.70. The summed E-state index contributed by atoms with van der Waals surface area (Å²) in [5.41, 5.74) is 2.38. The molecule has 1 aromatic heterocycles. The molecule has 8 heteroatoms. The molecule has 1 amide bonds. The van der Waals surface area contributed by atoms with Crippen molar-refractivity contribution in [2.24, 2.45) is 0 Å². The van der Waals surface area contributed by atoms with Crippen LogP contribution in [0.15, 0.2) is 79.0 Å². The Morgan fingerprint density at radius 3 is 2.53 bits per heavy atom. The van der Waals surface area contributed by atoms with Crippen LogP contribution in [0.2, 0.25) is 15.1 Å². The Kier molecular flexibility index (Phi) is 7.00. The molecule has 0 radical (unpaired) electrons. The zero-order chi connectivity index (χ0) is 22.5. The molecule has 0 aliphatic rings. The molecule has 5 nitrogen and oxygen atoms in total. The lowest BCUT2D eigenvalue weighted by Crippen LogP contribution is -2.13. The fraction of sp³-hybridized carbons (Fsp3) is 0.0833. The number of halogens is 3. The van der Waals surface area contributed by atoms with Crippen LogP contribution < -0.4 is 10.1 Å². The highest BCUT2D eigenvalue weighted by Crippen LogP contribution is 2.32. The predicted octanol–water partition coefficient (Wildman–Crippen LogP) is 6.72. The second-order valence-corrected chi connectivity index (χ2v) is 8.24. The molecule has 0 fully saturated rings. The molecule has 162 valence electrons. The third-order valence-electron chi connectivity index (χ3n) is 4.64. The van der Waals surface area contributed by atoms with Gasteiger partial charge in [0.05, 0.1) is 11.6 Å². The van der Waals surface area contributed by atoms with Crippen LogP contribution in [-0.4, -0.2) is 15.7 Å². The van der Waals surface area contributed by atoms with Crippen LogP contribution in [0.4, 0.5) is 5.82 Å². The van der Waals surface area contributed by atoms with Gasteiger partial charge < -0.3 is 10.1 Å². The van der Waals surface area contributed by atoms with Gasteiger partial charge >= 0.3 is 0 Å². The van der Waals surface area contributed by atoms with Gasteiger partial charge in [-0.15, -0.1) is 0 Å². The number of carbonyl (C=O) groups excluding carboxylic acids is 1. The Labute approximate surface area is 200 Å². The number of anilines is 1. The Bertz CT molecular complexity index is 1240. The van der Waals surface area contributed by atoms with Crippen LogP contribution in [0.1, 0.15) is 21.5 Å². The predicted molar refractivity (Wildman–Crippen MR) is 128 cm³/mol. The molecular formula is C24H18Cl3N3O2. The molecule has 0 unspecified atom stereocenters. The fourth-order valence-corrected chi connectivity index (χ4v) is 3.51. The van der Waals surface area contributed by atoms with Crippen LogP contribution in [0.3, 0.4) is 0 Å².